The third-order valence-electron chi connectivity index (χ3n) is 2.12. The molecular formula is C12H18NO3P. The van der Waals surface area contributed by atoms with Gasteiger partial charge in [-0.2, -0.15) is 0 Å². The van der Waals surface area contributed by atoms with Crippen LogP contribution in [0.25, 0.3) is 0 Å². The standard InChI is InChI=1S/C12H18NO3P/c1-3-10(2)15-12(14)9-13-17-16-11-7-5-4-6-8-11/h4-8,10,13,17H,3,9H2,1-2H3. The average Bonchev–Trinajstić information content (AvgIpc) is 2.36. The summed E-state index contributed by atoms with van der Waals surface area (Å²) in [4.78, 5) is 11.3. The predicted molar refractivity (Wildman–Crippen MR) is 69.2 cm³/mol. The van der Waals surface area contributed by atoms with Crippen LogP contribution in [-0.4, -0.2) is 18.6 Å². The Kier molecular flexibility index (Phi) is 6.60. The van der Waals surface area contributed by atoms with Crippen molar-refractivity contribution in [2.75, 3.05) is 6.54 Å². The maximum Gasteiger partial charge on any atom is 0.320 e. The van der Waals surface area contributed by atoms with Gasteiger partial charge in [0.1, 0.15) is 14.7 Å². The molecule has 0 saturated heterocycles. The second-order valence-corrected chi connectivity index (χ2v) is 4.34. The van der Waals surface area contributed by atoms with Crippen molar-refractivity contribution < 1.29 is 14.1 Å². The van der Waals surface area contributed by atoms with Gasteiger partial charge in [-0.05, 0) is 25.5 Å². The van der Waals surface area contributed by atoms with E-state index in [0.717, 1.165) is 12.2 Å². The lowest BCUT2D eigenvalue weighted by Gasteiger charge is -2.11. The van der Waals surface area contributed by atoms with Crippen LogP contribution in [0.15, 0.2) is 30.3 Å². The summed E-state index contributed by atoms with van der Waals surface area (Å²) in [6.07, 6.45) is 0.803. The lowest BCUT2D eigenvalue weighted by atomic mass is 10.3. The van der Waals surface area contributed by atoms with Crippen LogP contribution in [-0.2, 0) is 9.53 Å². The van der Waals surface area contributed by atoms with Crippen LogP contribution >= 0.6 is 8.96 Å². The molecule has 0 aromatic heterocycles. The maximum atomic E-state index is 11.3. The monoisotopic (exact) mass is 255 g/mol. The molecule has 5 heteroatoms. The lowest BCUT2D eigenvalue weighted by molar-refractivity contribution is -0.146. The van der Waals surface area contributed by atoms with Crippen LogP contribution in [0.2, 0.25) is 0 Å². The fourth-order valence-electron chi connectivity index (χ4n) is 1.04. The van der Waals surface area contributed by atoms with Crippen LogP contribution in [0.3, 0.4) is 0 Å². The Bertz CT molecular complexity index is 332. The van der Waals surface area contributed by atoms with Crippen LogP contribution < -0.4 is 9.61 Å². The summed E-state index contributed by atoms with van der Waals surface area (Å²) in [6.45, 7) is 4.03. The van der Waals surface area contributed by atoms with Crippen molar-refractivity contribution in [1.29, 1.82) is 0 Å². The molecule has 1 N–H and O–H groups in total. The fourth-order valence-corrected chi connectivity index (χ4v) is 1.58. The van der Waals surface area contributed by atoms with Crippen molar-refractivity contribution in [2.24, 2.45) is 0 Å². The number of carbonyl (C=O) groups excluding carboxylic acids is 1. The summed E-state index contributed by atoms with van der Waals surface area (Å²) in [5, 5.41) is 2.89. The highest BCUT2D eigenvalue weighted by atomic mass is 31.1. The quantitative estimate of drug-likeness (QED) is 0.462. The first-order valence-electron chi connectivity index (χ1n) is 5.61. The number of ether oxygens (including phenoxy) is 1. The topological polar surface area (TPSA) is 47.6 Å². The van der Waals surface area contributed by atoms with E-state index in [9.17, 15) is 4.79 Å². The number of para-hydroxylation sites is 1. The molecule has 1 aromatic carbocycles. The van der Waals surface area contributed by atoms with Crippen molar-refractivity contribution in [2.45, 2.75) is 26.4 Å². The molecule has 94 valence electrons. The van der Waals surface area contributed by atoms with Crippen molar-refractivity contribution in [1.82, 2.24) is 5.09 Å². The van der Waals surface area contributed by atoms with Gasteiger partial charge in [-0.1, -0.05) is 25.1 Å². The van der Waals surface area contributed by atoms with E-state index in [0.29, 0.717) is 0 Å². The molecule has 0 bridgehead atoms. The minimum Gasteiger partial charge on any atom is -0.462 e. The number of hydrogen-bond acceptors (Lipinski definition) is 4. The van der Waals surface area contributed by atoms with Gasteiger partial charge in [0.15, 0.2) is 0 Å². The third-order valence-corrected chi connectivity index (χ3v) is 2.78. The van der Waals surface area contributed by atoms with Crippen LogP contribution in [0.1, 0.15) is 20.3 Å². The van der Waals surface area contributed by atoms with Gasteiger partial charge < -0.3 is 9.26 Å². The molecule has 0 heterocycles. The first-order valence-corrected chi connectivity index (χ1v) is 6.52. The summed E-state index contributed by atoms with van der Waals surface area (Å²) in [5.74, 6) is 0.539. The molecule has 0 spiro atoms. The number of hydrogen-bond donors (Lipinski definition) is 1. The van der Waals surface area contributed by atoms with Crippen molar-refractivity contribution >= 4 is 14.9 Å². The highest BCUT2D eigenvalue weighted by Crippen LogP contribution is 2.16. The molecule has 0 aliphatic rings. The van der Waals surface area contributed by atoms with E-state index in [4.69, 9.17) is 9.26 Å². The highest BCUT2D eigenvalue weighted by Gasteiger charge is 2.06. The first-order chi connectivity index (χ1) is 8.22. The van der Waals surface area contributed by atoms with Crippen molar-refractivity contribution in [3.8, 4) is 5.75 Å². The van der Waals surface area contributed by atoms with Crippen molar-refractivity contribution in [3.63, 3.8) is 0 Å². The van der Waals surface area contributed by atoms with E-state index in [1.165, 1.54) is 0 Å². The Hall–Kier alpha value is -1.12. The first kappa shape index (κ1) is 13.9. The van der Waals surface area contributed by atoms with E-state index in [1.807, 2.05) is 44.2 Å². The largest absolute Gasteiger partial charge is 0.462 e. The van der Waals surface area contributed by atoms with Gasteiger partial charge in [0.25, 0.3) is 0 Å². The molecule has 4 nitrogen and oxygen atoms in total. The zero-order valence-corrected chi connectivity index (χ0v) is 11.1. The molecule has 1 rings (SSSR count). The molecule has 2 unspecified atom stereocenters. The van der Waals surface area contributed by atoms with E-state index < -0.39 is 0 Å². The SMILES string of the molecule is CCC(C)OC(=O)CNPOc1ccccc1. The summed E-state index contributed by atoms with van der Waals surface area (Å²) in [5.41, 5.74) is 0. The van der Waals surface area contributed by atoms with Gasteiger partial charge in [-0.15, -0.1) is 0 Å². The van der Waals surface area contributed by atoms with Gasteiger partial charge in [-0.3, -0.25) is 9.88 Å². The molecule has 0 saturated carbocycles. The third kappa shape index (κ3) is 6.25. The van der Waals surface area contributed by atoms with Crippen molar-refractivity contribution in [3.05, 3.63) is 30.3 Å². The molecule has 0 aliphatic carbocycles. The van der Waals surface area contributed by atoms with Gasteiger partial charge >= 0.3 is 5.97 Å². The van der Waals surface area contributed by atoms with E-state index in [1.54, 1.807) is 0 Å². The summed E-state index contributed by atoms with van der Waals surface area (Å²) in [6, 6.07) is 9.46. The Morgan fingerprint density at radius 1 is 1.41 bits per heavy atom. The molecule has 17 heavy (non-hydrogen) atoms. The Balaban J connectivity index is 2.10. The van der Waals surface area contributed by atoms with Crippen LogP contribution in [0.5, 0.6) is 5.75 Å². The van der Waals surface area contributed by atoms with Gasteiger partial charge in [-0.25, -0.2) is 0 Å². The summed E-state index contributed by atoms with van der Waals surface area (Å²) in [7, 11) is 0.0489. The summed E-state index contributed by atoms with van der Waals surface area (Å²) >= 11 is 0. The molecule has 2 atom stereocenters. The van der Waals surface area contributed by atoms with Gasteiger partial charge in [0, 0.05) is 0 Å². The number of nitrogens with one attached hydrogen (secondary N) is 1. The zero-order chi connectivity index (χ0) is 12.5. The summed E-state index contributed by atoms with van der Waals surface area (Å²) < 4.78 is 10.5. The lowest BCUT2D eigenvalue weighted by Crippen LogP contribution is -2.23. The molecule has 1 aromatic rings. The molecule has 0 fully saturated rings. The van der Waals surface area contributed by atoms with Gasteiger partial charge in [0.05, 0.1) is 12.6 Å². The minimum atomic E-state index is -0.247. The van der Waals surface area contributed by atoms with Crippen LogP contribution in [0, 0.1) is 0 Å². The minimum absolute atomic E-state index is 0.0253. The van der Waals surface area contributed by atoms with Crippen LogP contribution in [0.4, 0.5) is 0 Å². The molecule has 0 amide bonds. The smallest absolute Gasteiger partial charge is 0.320 e. The zero-order valence-electron chi connectivity index (χ0n) is 10.1. The second-order valence-electron chi connectivity index (χ2n) is 3.58. The predicted octanol–water partition coefficient (Wildman–Crippen LogP) is 2.51. The Morgan fingerprint density at radius 2 is 2.12 bits per heavy atom. The number of carbonyl (C=O) groups is 1. The fraction of sp³-hybridized carbons (Fsp3) is 0.417. The van der Waals surface area contributed by atoms with Gasteiger partial charge in [0.2, 0.25) is 0 Å². The maximum absolute atomic E-state index is 11.3. The Labute approximate surface area is 104 Å². The van der Waals surface area contributed by atoms with E-state index >= 15 is 0 Å². The normalized spacial score (nSPS) is 12.6. The highest BCUT2D eigenvalue weighted by molar-refractivity contribution is 7.30. The molecular weight excluding hydrogens is 237 g/mol. The van der Waals surface area contributed by atoms with E-state index in [2.05, 4.69) is 5.09 Å². The average molecular weight is 255 g/mol. The Morgan fingerprint density at radius 3 is 2.76 bits per heavy atom. The number of benzene rings is 1. The number of rotatable bonds is 7. The molecule has 0 radical (unpaired) electrons. The second kappa shape index (κ2) is 8.04. The van der Waals surface area contributed by atoms with E-state index in [-0.39, 0.29) is 27.6 Å². The number of esters is 1. The molecule has 0 aliphatic heterocycles.